The molecule has 0 spiro atoms. The summed E-state index contributed by atoms with van der Waals surface area (Å²) >= 11 is 2.12. The monoisotopic (exact) mass is 228 g/mol. The summed E-state index contributed by atoms with van der Waals surface area (Å²) in [6.45, 7) is 6.06. The van der Waals surface area contributed by atoms with Crippen molar-refractivity contribution in [3.63, 3.8) is 0 Å². The first-order valence-corrected chi connectivity index (χ1v) is 7.61. The normalized spacial score (nSPS) is 33.4. The van der Waals surface area contributed by atoms with Crippen LogP contribution in [0, 0.1) is 0 Å². The summed E-state index contributed by atoms with van der Waals surface area (Å²) in [7, 11) is 0. The second-order valence-electron chi connectivity index (χ2n) is 4.75. The lowest BCUT2D eigenvalue weighted by molar-refractivity contribution is 0.254. The maximum Gasteiger partial charge on any atom is 0.0221 e. The van der Waals surface area contributed by atoms with E-state index in [0.717, 1.165) is 12.1 Å². The summed E-state index contributed by atoms with van der Waals surface area (Å²) in [5.74, 6) is 2.71. The quantitative estimate of drug-likeness (QED) is 0.792. The van der Waals surface area contributed by atoms with Gasteiger partial charge in [0.05, 0.1) is 0 Å². The van der Waals surface area contributed by atoms with E-state index in [1.807, 2.05) is 0 Å². The van der Waals surface area contributed by atoms with Gasteiger partial charge in [0, 0.05) is 24.4 Å². The molecule has 0 amide bonds. The molecule has 2 saturated heterocycles. The lowest BCUT2D eigenvalue weighted by atomic mass is 10.1. The Morgan fingerprint density at radius 2 is 2.27 bits per heavy atom. The number of nitrogens with zero attached hydrogens (tertiary/aromatic N) is 1. The third-order valence-corrected chi connectivity index (χ3v) is 4.92. The van der Waals surface area contributed by atoms with Crippen LogP contribution in [0.5, 0.6) is 0 Å². The molecule has 15 heavy (non-hydrogen) atoms. The SMILES string of the molecule is CCN1CCC[C@@H]1CN[C@@H]1CCCSC1. The number of nitrogens with one attached hydrogen (secondary N) is 1. The highest BCUT2D eigenvalue weighted by Gasteiger charge is 2.23. The summed E-state index contributed by atoms with van der Waals surface area (Å²) in [6.07, 6.45) is 5.61. The minimum Gasteiger partial charge on any atom is -0.312 e. The fourth-order valence-electron chi connectivity index (χ4n) is 2.75. The fraction of sp³-hybridized carbons (Fsp3) is 1.00. The first-order chi connectivity index (χ1) is 7.40. The van der Waals surface area contributed by atoms with Crippen LogP contribution in [0.3, 0.4) is 0 Å². The minimum absolute atomic E-state index is 0.794. The van der Waals surface area contributed by atoms with Gasteiger partial charge in [-0.15, -0.1) is 0 Å². The molecule has 2 nitrogen and oxygen atoms in total. The Bertz CT molecular complexity index is 180. The molecule has 3 heteroatoms. The minimum atomic E-state index is 0.794. The standard InChI is InChI=1S/C12H24N2S/c1-2-14-7-3-6-12(14)9-13-11-5-4-8-15-10-11/h11-13H,2-10H2,1H3/t11-,12-/m1/s1. The highest BCUT2D eigenvalue weighted by atomic mass is 32.2. The van der Waals surface area contributed by atoms with Crippen molar-refractivity contribution in [3.05, 3.63) is 0 Å². The number of likely N-dealkylation sites (N-methyl/N-ethyl adjacent to an activating group) is 1. The molecule has 2 heterocycles. The van der Waals surface area contributed by atoms with Crippen LogP contribution in [0.2, 0.25) is 0 Å². The van der Waals surface area contributed by atoms with Crippen LogP contribution in [0.15, 0.2) is 0 Å². The second-order valence-corrected chi connectivity index (χ2v) is 5.90. The molecule has 0 aromatic heterocycles. The van der Waals surface area contributed by atoms with E-state index in [9.17, 15) is 0 Å². The molecule has 2 rings (SSSR count). The first-order valence-electron chi connectivity index (χ1n) is 6.45. The molecule has 0 saturated carbocycles. The highest BCUT2D eigenvalue weighted by molar-refractivity contribution is 7.99. The maximum atomic E-state index is 3.77. The molecule has 0 aromatic rings. The van der Waals surface area contributed by atoms with Crippen molar-refractivity contribution < 1.29 is 0 Å². The Balaban J connectivity index is 1.67. The van der Waals surface area contributed by atoms with Crippen molar-refractivity contribution in [1.29, 1.82) is 0 Å². The zero-order valence-electron chi connectivity index (χ0n) is 9.87. The predicted molar refractivity (Wildman–Crippen MR) is 68.6 cm³/mol. The van der Waals surface area contributed by atoms with Gasteiger partial charge < -0.3 is 5.32 Å². The van der Waals surface area contributed by atoms with Gasteiger partial charge in [-0.05, 0) is 44.5 Å². The van der Waals surface area contributed by atoms with Crippen LogP contribution in [0.25, 0.3) is 0 Å². The Morgan fingerprint density at radius 3 is 3.00 bits per heavy atom. The van der Waals surface area contributed by atoms with Crippen LogP contribution >= 0.6 is 11.8 Å². The average Bonchev–Trinajstić information content (AvgIpc) is 2.75. The lowest BCUT2D eigenvalue weighted by Gasteiger charge is -2.28. The third kappa shape index (κ3) is 3.36. The van der Waals surface area contributed by atoms with Gasteiger partial charge >= 0.3 is 0 Å². The van der Waals surface area contributed by atoms with E-state index in [0.29, 0.717) is 0 Å². The second kappa shape index (κ2) is 6.12. The van der Waals surface area contributed by atoms with Crippen LogP contribution < -0.4 is 5.32 Å². The fourth-order valence-corrected chi connectivity index (χ4v) is 3.85. The first kappa shape index (κ1) is 11.7. The van der Waals surface area contributed by atoms with Gasteiger partial charge in [-0.1, -0.05) is 6.92 Å². The third-order valence-electron chi connectivity index (χ3n) is 3.71. The zero-order chi connectivity index (χ0) is 10.5. The van der Waals surface area contributed by atoms with E-state index in [2.05, 4.69) is 28.9 Å². The van der Waals surface area contributed by atoms with E-state index in [1.165, 1.54) is 56.8 Å². The summed E-state index contributed by atoms with van der Waals surface area (Å²) in [5, 5.41) is 3.77. The highest BCUT2D eigenvalue weighted by Crippen LogP contribution is 2.19. The van der Waals surface area contributed by atoms with Crippen LogP contribution in [0.4, 0.5) is 0 Å². The molecule has 0 unspecified atom stereocenters. The van der Waals surface area contributed by atoms with Crippen molar-refractivity contribution in [3.8, 4) is 0 Å². The molecule has 2 aliphatic heterocycles. The van der Waals surface area contributed by atoms with Gasteiger partial charge in [0.25, 0.3) is 0 Å². The number of likely N-dealkylation sites (tertiary alicyclic amines) is 1. The summed E-state index contributed by atoms with van der Waals surface area (Å²) in [6, 6.07) is 1.62. The molecule has 2 fully saturated rings. The van der Waals surface area contributed by atoms with Crippen LogP contribution in [0.1, 0.15) is 32.6 Å². The lowest BCUT2D eigenvalue weighted by Crippen LogP contribution is -2.43. The largest absolute Gasteiger partial charge is 0.312 e. The maximum absolute atomic E-state index is 3.77. The van der Waals surface area contributed by atoms with Gasteiger partial charge in [-0.2, -0.15) is 11.8 Å². The van der Waals surface area contributed by atoms with Crippen molar-refractivity contribution in [2.24, 2.45) is 0 Å². The molecule has 88 valence electrons. The molecule has 0 radical (unpaired) electrons. The van der Waals surface area contributed by atoms with E-state index >= 15 is 0 Å². The smallest absolute Gasteiger partial charge is 0.0221 e. The molecule has 1 N–H and O–H groups in total. The summed E-state index contributed by atoms with van der Waals surface area (Å²) in [5.41, 5.74) is 0. The molecular formula is C12H24N2S. The van der Waals surface area contributed by atoms with Crippen molar-refractivity contribution >= 4 is 11.8 Å². The topological polar surface area (TPSA) is 15.3 Å². The Labute approximate surface area is 98.2 Å². The van der Waals surface area contributed by atoms with Gasteiger partial charge in [-0.25, -0.2) is 0 Å². The summed E-state index contributed by atoms with van der Waals surface area (Å²) < 4.78 is 0. The van der Waals surface area contributed by atoms with E-state index < -0.39 is 0 Å². The number of hydrogen-bond donors (Lipinski definition) is 1. The predicted octanol–water partition coefficient (Wildman–Crippen LogP) is 1.96. The van der Waals surface area contributed by atoms with Gasteiger partial charge in [0.1, 0.15) is 0 Å². The number of hydrogen-bond acceptors (Lipinski definition) is 3. The van der Waals surface area contributed by atoms with Gasteiger partial charge in [0.2, 0.25) is 0 Å². The molecule has 2 atom stereocenters. The van der Waals surface area contributed by atoms with E-state index in [-0.39, 0.29) is 0 Å². The van der Waals surface area contributed by atoms with Crippen molar-refractivity contribution in [2.45, 2.75) is 44.7 Å². The Morgan fingerprint density at radius 1 is 1.33 bits per heavy atom. The van der Waals surface area contributed by atoms with Gasteiger partial charge in [0.15, 0.2) is 0 Å². The Hall–Kier alpha value is 0.270. The van der Waals surface area contributed by atoms with Crippen molar-refractivity contribution in [1.82, 2.24) is 10.2 Å². The summed E-state index contributed by atoms with van der Waals surface area (Å²) in [4.78, 5) is 2.63. The zero-order valence-corrected chi connectivity index (χ0v) is 10.7. The van der Waals surface area contributed by atoms with E-state index in [1.54, 1.807) is 0 Å². The van der Waals surface area contributed by atoms with Crippen LogP contribution in [-0.4, -0.2) is 48.1 Å². The van der Waals surface area contributed by atoms with E-state index in [4.69, 9.17) is 0 Å². The Kier molecular flexibility index (Phi) is 4.79. The number of thioether (sulfide) groups is 1. The molecule has 0 aromatic carbocycles. The molecule has 2 aliphatic rings. The molecule has 0 bridgehead atoms. The molecular weight excluding hydrogens is 204 g/mol. The van der Waals surface area contributed by atoms with Crippen molar-refractivity contribution in [2.75, 3.05) is 31.1 Å². The average molecular weight is 228 g/mol. The number of rotatable bonds is 4. The van der Waals surface area contributed by atoms with Gasteiger partial charge in [-0.3, -0.25) is 4.90 Å². The van der Waals surface area contributed by atoms with Crippen LogP contribution in [-0.2, 0) is 0 Å². The molecule has 0 aliphatic carbocycles.